The van der Waals surface area contributed by atoms with Crippen LogP contribution in [0.1, 0.15) is 19.7 Å². The molecule has 0 saturated heterocycles. The SMILES string of the molecule is CCOc1ccccc1-c1cc(Cl)nc(CC)n1. The standard InChI is InChI=1S/C14H15ClN2O/c1-3-14-16-11(9-13(15)17-14)10-7-5-6-8-12(10)18-4-2/h5-9H,3-4H2,1-2H3. The van der Waals surface area contributed by atoms with E-state index in [0.29, 0.717) is 11.8 Å². The Labute approximate surface area is 112 Å². The van der Waals surface area contributed by atoms with Crippen molar-refractivity contribution in [2.45, 2.75) is 20.3 Å². The third kappa shape index (κ3) is 2.79. The highest BCUT2D eigenvalue weighted by Gasteiger charge is 2.09. The first-order valence-corrected chi connectivity index (χ1v) is 6.38. The zero-order chi connectivity index (χ0) is 13.0. The van der Waals surface area contributed by atoms with Crippen molar-refractivity contribution in [3.63, 3.8) is 0 Å². The fraction of sp³-hybridized carbons (Fsp3) is 0.286. The third-order valence-corrected chi connectivity index (χ3v) is 2.71. The summed E-state index contributed by atoms with van der Waals surface area (Å²) in [4.78, 5) is 8.66. The van der Waals surface area contributed by atoms with Gasteiger partial charge >= 0.3 is 0 Å². The van der Waals surface area contributed by atoms with E-state index in [-0.39, 0.29) is 0 Å². The van der Waals surface area contributed by atoms with Crippen molar-refractivity contribution in [3.8, 4) is 17.0 Å². The lowest BCUT2D eigenvalue weighted by molar-refractivity contribution is 0.341. The number of para-hydroxylation sites is 1. The fourth-order valence-electron chi connectivity index (χ4n) is 1.72. The van der Waals surface area contributed by atoms with Crippen LogP contribution in [-0.2, 0) is 6.42 Å². The van der Waals surface area contributed by atoms with Crippen molar-refractivity contribution in [1.29, 1.82) is 0 Å². The largest absolute Gasteiger partial charge is 0.493 e. The summed E-state index contributed by atoms with van der Waals surface area (Å²) in [6.45, 7) is 4.58. The molecule has 0 atom stereocenters. The van der Waals surface area contributed by atoms with Crippen LogP contribution >= 0.6 is 11.6 Å². The van der Waals surface area contributed by atoms with E-state index in [1.165, 1.54) is 0 Å². The van der Waals surface area contributed by atoms with Crippen LogP contribution < -0.4 is 4.74 Å². The second kappa shape index (κ2) is 5.83. The molecule has 0 aliphatic carbocycles. The average Bonchev–Trinajstić information content (AvgIpc) is 2.39. The molecule has 4 heteroatoms. The Hall–Kier alpha value is -1.61. The van der Waals surface area contributed by atoms with Gasteiger partial charge in [0.2, 0.25) is 0 Å². The number of ether oxygens (including phenoxy) is 1. The van der Waals surface area contributed by atoms with Gasteiger partial charge < -0.3 is 4.74 Å². The summed E-state index contributed by atoms with van der Waals surface area (Å²) in [5.74, 6) is 1.56. The van der Waals surface area contributed by atoms with Gasteiger partial charge in [-0.15, -0.1) is 0 Å². The van der Waals surface area contributed by atoms with Crippen molar-refractivity contribution in [1.82, 2.24) is 9.97 Å². The first-order chi connectivity index (χ1) is 8.74. The molecule has 0 fully saturated rings. The number of nitrogens with zero attached hydrogens (tertiary/aromatic N) is 2. The molecule has 0 aliphatic rings. The molecule has 0 unspecified atom stereocenters. The maximum atomic E-state index is 6.02. The normalized spacial score (nSPS) is 10.4. The Morgan fingerprint density at radius 1 is 1.17 bits per heavy atom. The van der Waals surface area contributed by atoms with Crippen molar-refractivity contribution in [3.05, 3.63) is 41.3 Å². The Morgan fingerprint density at radius 3 is 2.67 bits per heavy atom. The van der Waals surface area contributed by atoms with Crippen LogP contribution in [-0.4, -0.2) is 16.6 Å². The molecule has 0 aliphatic heterocycles. The molecule has 94 valence electrons. The van der Waals surface area contributed by atoms with Gasteiger partial charge in [0.05, 0.1) is 12.3 Å². The summed E-state index contributed by atoms with van der Waals surface area (Å²) >= 11 is 6.02. The highest BCUT2D eigenvalue weighted by molar-refractivity contribution is 6.29. The molecule has 0 amide bonds. The molecular formula is C14H15ClN2O. The predicted octanol–water partition coefficient (Wildman–Crippen LogP) is 3.76. The van der Waals surface area contributed by atoms with Gasteiger partial charge in [0.1, 0.15) is 16.7 Å². The Balaban J connectivity index is 2.50. The molecule has 2 rings (SSSR count). The van der Waals surface area contributed by atoms with Gasteiger partial charge in [-0.2, -0.15) is 0 Å². The average molecular weight is 263 g/mol. The molecule has 0 N–H and O–H groups in total. The summed E-state index contributed by atoms with van der Waals surface area (Å²) < 4.78 is 5.60. The van der Waals surface area contributed by atoms with E-state index in [1.807, 2.05) is 38.1 Å². The van der Waals surface area contributed by atoms with Crippen molar-refractivity contribution in [2.24, 2.45) is 0 Å². The van der Waals surface area contributed by atoms with E-state index >= 15 is 0 Å². The van der Waals surface area contributed by atoms with E-state index < -0.39 is 0 Å². The molecule has 18 heavy (non-hydrogen) atoms. The highest BCUT2D eigenvalue weighted by Crippen LogP contribution is 2.29. The van der Waals surface area contributed by atoms with Crippen LogP contribution in [0.2, 0.25) is 5.15 Å². The molecule has 3 nitrogen and oxygen atoms in total. The molecule has 1 heterocycles. The van der Waals surface area contributed by atoms with Crippen LogP contribution in [0.15, 0.2) is 30.3 Å². The van der Waals surface area contributed by atoms with E-state index in [0.717, 1.165) is 29.3 Å². The van der Waals surface area contributed by atoms with Gasteiger partial charge in [-0.05, 0) is 19.1 Å². The number of aromatic nitrogens is 2. The van der Waals surface area contributed by atoms with Gasteiger partial charge in [-0.3, -0.25) is 0 Å². The third-order valence-electron chi connectivity index (χ3n) is 2.52. The van der Waals surface area contributed by atoms with Crippen LogP contribution in [0, 0.1) is 0 Å². The summed E-state index contributed by atoms with van der Waals surface area (Å²) in [6.07, 6.45) is 0.754. The minimum absolute atomic E-state index is 0.461. The Kier molecular flexibility index (Phi) is 4.15. The maximum absolute atomic E-state index is 6.02. The van der Waals surface area contributed by atoms with E-state index in [1.54, 1.807) is 6.07 Å². The second-order valence-corrected chi connectivity index (χ2v) is 4.16. The molecule has 0 saturated carbocycles. The smallest absolute Gasteiger partial charge is 0.133 e. The Bertz CT molecular complexity index is 543. The van der Waals surface area contributed by atoms with Crippen molar-refractivity contribution < 1.29 is 4.74 Å². The maximum Gasteiger partial charge on any atom is 0.133 e. The van der Waals surface area contributed by atoms with E-state index in [9.17, 15) is 0 Å². The first-order valence-electron chi connectivity index (χ1n) is 6.00. The second-order valence-electron chi connectivity index (χ2n) is 3.77. The summed E-state index contributed by atoms with van der Waals surface area (Å²) in [6, 6.07) is 9.57. The molecule has 1 aromatic heterocycles. The minimum Gasteiger partial charge on any atom is -0.493 e. The number of halogens is 1. The zero-order valence-corrected chi connectivity index (χ0v) is 11.2. The lowest BCUT2D eigenvalue weighted by Gasteiger charge is -2.10. The molecule has 0 spiro atoms. The number of hydrogen-bond donors (Lipinski definition) is 0. The van der Waals surface area contributed by atoms with Crippen LogP contribution in [0.4, 0.5) is 0 Å². The van der Waals surface area contributed by atoms with Gasteiger partial charge in [-0.25, -0.2) is 9.97 Å². The number of aryl methyl sites for hydroxylation is 1. The topological polar surface area (TPSA) is 35.0 Å². The highest BCUT2D eigenvalue weighted by atomic mass is 35.5. The molecule has 1 aromatic carbocycles. The van der Waals surface area contributed by atoms with E-state index in [4.69, 9.17) is 16.3 Å². The number of benzene rings is 1. The number of hydrogen-bond acceptors (Lipinski definition) is 3. The van der Waals surface area contributed by atoms with Gasteiger partial charge in [-0.1, -0.05) is 30.7 Å². The van der Waals surface area contributed by atoms with Crippen LogP contribution in [0.3, 0.4) is 0 Å². The Morgan fingerprint density at radius 2 is 1.94 bits per heavy atom. The lowest BCUT2D eigenvalue weighted by Crippen LogP contribution is -1.98. The van der Waals surface area contributed by atoms with Crippen molar-refractivity contribution >= 4 is 11.6 Å². The summed E-state index contributed by atoms with van der Waals surface area (Å²) in [7, 11) is 0. The van der Waals surface area contributed by atoms with Gasteiger partial charge in [0.25, 0.3) is 0 Å². The molecule has 0 bridgehead atoms. The van der Waals surface area contributed by atoms with Crippen LogP contribution in [0.25, 0.3) is 11.3 Å². The monoisotopic (exact) mass is 262 g/mol. The quantitative estimate of drug-likeness (QED) is 0.787. The predicted molar refractivity (Wildman–Crippen MR) is 73.0 cm³/mol. The van der Waals surface area contributed by atoms with E-state index in [2.05, 4.69) is 9.97 Å². The fourth-order valence-corrected chi connectivity index (χ4v) is 1.92. The van der Waals surface area contributed by atoms with Crippen LogP contribution in [0.5, 0.6) is 5.75 Å². The minimum atomic E-state index is 0.461. The molecule has 2 aromatic rings. The zero-order valence-electron chi connectivity index (χ0n) is 10.5. The van der Waals surface area contributed by atoms with Crippen molar-refractivity contribution in [2.75, 3.05) is 6.61 Å². The van der Waals surface area contributed by atoms with Gasteiger partial charge in [0, 0.05) is 18.1 Å². The summed E-state index contributed by atoms with van der Waals surface area (Å²) in [5.41, 5.74) is 1.74. The number of rotatable bonds is 4. The lowest BCUT2D eigenvalue weighted by atomic mass is 10.1. The molecular weight excluding hydrogens is 248 g/mol. The molecule has 0 radical (unpaired) electrons. The van der Waals surface area contributed by atoms with Gasteiger partial charge in [0.15, 0.2) is 0 Å². The summed E-state index contributed by atoms with van der Waals surface area (Å²) in [5, 5.41) is 0.461. The first kappa shape index (κ1) is 12.8.